The van der Waals surface area contributed by atoms with E-state index >= 15 is 0 Å². The summed E-state index contributed by atoms with van der Waals surface area (Å²) in [5.41, 5.74) is -0.328. The van der Waals surface area contributed by atoms with Gasteiger partial charge in [0.05, 0.1) is 12.6 Å². The lowest BCUT2D eigenvalue weighted by Crippen LogP contribution is -2.44. The zero-order valence-electron chi connectivity index (χ0n) is 14.0. The number of aryl methyl sites for hydroxylation is 1. The van der Waals surface area contributed by atoms with Crippen molar-refractivity contribution < 1.29 is 9.90 Å². The van der Waals surface area contributed by atoms with E-state index in [0.29, 0.717) is 5.92 Å². The summed E-state index contributed by atoms with van der Waals surface area (Å²) in [6, 6.07) is 9.04. The number of carbonyl (C=O) groups excluding carboxylic acids is 1. The molecular formula is C18H23N3O2S. The number of urea groups is 1. The quantitative estimate of drug-likeness (QED) is 0.753. The molecule has 0 aliphatic heterocycles. The third kappa shape index (κ3) is 4.13. The predicted octanol–water partition coefficient (Wildman–Crippen LogP) is 3.11. The van der Waals surface area contributed by atoms with Crippen molar-refractivity contribution in [3.8, 4) is 0 Å². The van der Waals surface area contributed by atoms with Gasteiger partial charge in [0.2, 0.25) is 0 Å². The Kier molecular flexibility index (Phi) is 4.87. The first-order valence-corrected chi connectivity index (χ1v) is 9.02. The van der Waals surface area contributed by atoms with Gasteiger partial charge in [-0.15, -0.1) is 11.3 Å². The van der Waals surface area contributed by atoms with Crippen molar-refractivity contribution in [2.75, 3.05) is 6.54 Å². The molecule has 5 nitrogen and oxygen atoms in total. The molecule has 24 heavy (non-hydrogen) atoms. The Hall–Kier alpha value is -1.92. The van der Waals surface area contributed by atoms with Gasteiger partial charge in [-0.25, -0.2) is 9.78 Å². The fourth-order valence-electron chi connectivity index (χ4n) is 2.67. The highest BCUT2D eigenvalue weighted by atomic mass is 32.1. The average molecular weight is 345 g/mol. The van der Waals surface area contributed by atoms with Crippen LogP contribution in [0.2, 0.25) is 0 Å². The molecule has 1 aliphatic carbocycles. The summed E-state index contributed by atoms with van der Waals surface area (Å²) in [6.07, 6.45) is 4.08. The number of aliphatic hydroxyl groups is 1. The standard InChI is InChI=1S/C18H23N3O2S/c1-12-10-19-16(24-12)15(13-8-9-13)21-17(22)20-11-18(2,23)14-6-4-3-5-7-14/h3-7,10,13,15,23H,8-9,11H2,1-2H3,(H2,20,21,22)/t15-,18-/m0/s1. The molecule has 1 aromatic heterocycles. The average Bonchev–Trinajstić information content (AvgIpc) is 3.33. The lowest BCUT2D eigenvalue weighted by atomic mass is 9.96. The largest absolute Gasteiger partial charge is 0.384 e. The number of amides is 2. The summed E-state index contributed by atoms with van der Waals surface area (Å²) in [4.78, 5) is 17.8. The molecule has 0 bridgehead atoms. The van der Waals surface area contributed by atoms with Crippen LogP contribution in [-0.4, -0.2) is 22.7 Å². The van der Waals surface area contributed by atoms with Gasteiger partial charge in [0.15, 0.2) is 0 Å². The van der Waals surface area contributed by atoms with Gasteiger partial charge in [0.1, 0.15) is 10.6 Å². The lowest BCUT2D eigenvalue weighted by Gasteiger charge is -2.25. The Morgan fingerprint density at radius 2 is 2.12 bits per heavy atom. The zero-order chi connectivity index (χ0) is 17.2. The minimum Gasteiger partial charge on any atom is -0.384 e. The first-order valence-electron chi connectivity index (χ1n) is 8.20. The summed E-state index contributed by atoms with van der Waals surface area (Å²) in [7, 11) is 0. The highest BCUT2D eigenvalue weighted by Crippen LogP contribution is 2.42. The van der Waals surface area contributed by atoms with E-state index in [1.165, 1.54) is 0 Å². The van der Waals surface area contributed by atoms with Crippen LogP contribution in [0.5, 0.6) is 0 Å². The lowest BCUT2D eigenvalue weighted by molar-refractivity contribution is 0.0592. The minimum atomic E-state index is -1.11. The van der Waals surface area contributed by atoms with E-state index in [2.05, 4.69) is 15.6 Å². The minimum absolute atomic E-state index is 0.0367. The first-order chi connectivity index (χ1) is 11.5. The van der Waals surface area contributed by atoms with Crippen LogP contribution in [0.15, 0.2) is 36.5 Å². The van der Waals surface area contributed by atoms with Gasteiger partial charge >= 0.3 is 6.03 Å². The topological polar surface area (TPSA) is 74.2 Å². The van der Waals surface area contributed by atoms with Crippen molar-refractivity contribution in [1.29, 1.82) is 0 Å². The third-order valence-electron chi connectivity index (χ3n) is 4.27. The van der Waals surface area contributed by atoms with Crippen molar-refractivity contribution in [3.63, 3.8) is 0 Å². The Morgan fingerprint density at radius 1 is 1.42 bits per heavy atom. The molecule has 1 saturated carbocycles. The van der Waals surface area contributed by atoms with E-state index in [4.69, 9.17) is 0 Å². The van der Waals surface area contributed by atoms with Gasteiger partial charge < -0.3 is 15.7 Å². The Balaban J connectivity index is 1.58. The molecule has 3 N–H and O–H groups in total. The first kappa shape index (κ1) is 16.9. The molecule has 6 heteroatoms. The van der Waals surface area contributed by atoms with Crippen molar-refractivity contribution in [3.05, 3.63) is 52.0 Å². The molecule has 1 aromatic carbocycles. The SMILES string of the molecule is Cc1cnc([C@@H](NC(=O)NC[C@](C)(O)c2ccccc2)C2CC2)s1. The van der Waals surface area contributed by atoms with Crippen LogP contribution in [0.4, 0.5) is 4.79 Å². The molecule has 1 heterocycles. The number of nitrogens with zero attached hydrogens (tertiary/aromatic N) is 1. The Morgan fingerprint density at radius 3 is 2.71 bits per heavy atom. The number of hydrogen-bond acceptors (Lipinski definition) is 4. The molecule has 0 unspecified atom stereocenters. The van der Waals surface area contributed by atoms with Crippen LogP contribution in [-0.2, 0) is 5.60 Å². The van der Waals surface area contributed by atoms with Gasteiger partial charge in [-0.2, -0.15) is 0 Å². The number of nitrogens with one attached hydrogen (secondary N) is 2. The van der Waals surface area contributed by atoms with E-state index in [9.17, 15) is 9.90 Å². The summed E-state index contributed by atoms with van der Waals surface area (Å²) in [5.74, 6) is 0.468. The maximum Gasteiger partial charge on any atom is 0.315 e. The molecule has 0 spiro atoms. The molecular weight excluding hydrogens is 322 g/mol. The molecule has 2 amide bonds. The van der Waals surface area contributed by atoms with Crippen LogP contribution in [0.3, 0.4) is 0 Å². The number of carbonyl (C=O) groups is 1. The number of thiazole rings is 1. The summed E-state index contributed by atoms with van der Waals surface area (Å²) < 4.78 is 0. The fourth-order valence-corrected chi connectivity index (χ4v) is 3.59. The van der Waals surface area contributed by atoms with Gasteiger partial charge in [0, 0.05) is 11.1 Å². The normalized spacial score (nSPS) is 17.8. The maximum absolute atomic E-state index is 12.3. The number of aromatic nitrogens is 1. The molecule has 128 valence electrons. The van der Waals surface area contributed by atoms with Crippen molar-refractivity contribution in [1.82, 2.24) is 15.6 Å². The van der Waals surface area contributed by atoms with Crippen molar-refractivity contribution in [2.45, 2.75) is 38.3 Å². The molecule has 0 saturated heterocycles. The van der Waals surface area contributed by atoms with Crippen LogP contribution in [0, 0.1) is 12.8 Å². The summed E-state index contributed by atoms with van der Waals surface area (Å²) in [5, 5.41) is 17.3. The second kappa shape index (κ2) is 6.91. The summed E-state index contributed by atoms with van der Waals surface area (Å²) >= 11 is 1.62. The van der Waals surface area contributed by atoms with Crippen LogP contribution >= 0.6 is 11.3 Å². The van der Waals surface area contributed by atoms with Crippen LogP contribution in [0.1, 0.15) is 41.3 Å². The van der Waals surface area contributed by atoms with Gasteiger partial charge in [-0.1, -0.05) is 30.3 Å². The van der Waals surface area contributed by atoms with E-state index in [1.807, 2.05) is 43.5 Å². The monoisotopic (exact) mass is 345 g/mol. The number of hydrogen-bond donors (Lipinski definition) is 3. The molecule has 3 rings (SSSR count). The number of benzene rings is 1. The number of rotatable bonds is 6. The maximum atomic E-state index is 12.3. The van der Waals surface area contributed by atoms with Gasteiger partial charge in [-0.3, -0.25) is 0 Å². The summed E-state index contributed by atoms with van der Waals surface area (Å²) in [6.45, 7) is 3.87. The molecule has 2 atom stereocenters. The van der Waals surface area contributed by atoms with Crippen molar-refractivity contribution >= 4 is 17.4 Å². The van der Waals surface area contributed by atoms with E-state index in [-0.39, 0.29) is 18.6 Å². The van der Waals surface area contributed by atoms with E-state index in [1.54, 1.807) is 18.3 Å². The van der Waals surface area contributed by atoms with Gasteiger partial charge in [0.25, 0.3) is 0 Å². The smallest absolute Gasteiger partial charge is 0.315 e. The second-order valence-electron chi connectivity index (χ2n) is 6.59. The highest BCUT2D eigenvalue weighted by molar-refractivity contribution is 7.11. The van der Waals surface area contributed by atoms with E-state index in [0.717, 1.165) is 28.3 Å². The molecule has 1 aliphatic rings. The Bertz CT molecular complexity index is 695. The fraction of sp³-hybridized carbons (Fsp3) is 0.444. The van der Waals surface area contributed by atoms with Gasteiger partial charge in [-0.05, 0) is 38.2 Å². The molecule has 0 radical (unpaired) electrons. The third-order valence-corrected chi connectivity index (χ3v) is 5.27. The van der Waals surface area contributed by atoms with Crippen molar-refractivity contribution in [2.24, 2.45) is 5.92 Å². The zero-order valence-corrected chi connectivity index (χ0v) is 14.8. The predicted molar refractivity (Wildman–Crippen MR) is 94.9 cm³/mol. The van der Waals surface area contributed by atoms with E-state index < -0.39 is 5.60 Å². The highest BCUT2D eigenvalue weighted by Gasteiger charge is 2.35. The van der Waals surface area contributed by atoms with Crippen LogP contribution < -0.4 is 10.6 Å². The second-order valence-corrected chi connectivity index (χ2v) is 7.86. The Labute approximate surface area is 146 Å². The molecule has 1 fully saturated rings. The van der Waals surface area contributed by atoms with Crippen LogP contribution in [0.25, 0.3) is 0 Å². The molecule has 2 aromatic rings.